The minimum Gasteiger partial charge on any atom is -0.343 e. The van der Waals surface area contributed by atoms with Crippen molar-refractivity contribution in [1.82, 2.24) is 9.80 Å². The van der Waals surface area contributed by atoms with Crippen LogP contribution in [0.5, 0.6) is 0 Å². The van der Waals surface area contributed by atoms with Gasteiger partial charge in [-0.15, -0.1) is 0 Å². The summed E-state index contributed by atoms with van der Waals surface area (Å²) in [5.41, 5.74) is -0.343. The van der Waals surface area contributed by atoms with Crippen molar-refractivity contribution in [2.75, 3.05) is 19.6 Å². The number of hydrogen-bond donors (Lipinski definition) is 0. The van der Waals surface area contributed by atoms with Crippen molar-refractivity contribution in [2.45, 2.75) is 57.2 Å². The van der Waals surface area contributed by atoms with Crippen molar-refractivity contribution in [3.8, 4) is 0 Å². The van der Waals surface area contributed by atoms with Gasteiger partial charge in [0.25, 0.3) is 0 Å². The largest absolute Gasteiger partial charge is 0.416 e. The van der Waals surface area contributed by atoms with Gasteiger partial charge in [0.15, 0.2) is 0 Å². The number of amides is 2. The third-order valence-electron chi connectivity index (χ3n) is 5.46. The number of carbonyl (C=O) groups excluding carboxylic acids is 2. The van der Waals surface area contributed by atoms with Crippen molar-refractivity contribution in [3.05, 3.63) is 35.4 Å². The fraction of sp³-hybridized carbons (Fsp3) is 0.600. The summed E-state index contributed by atoms with van der Waals surface area (Å²) in [4.78, 5) is 28.2. The van der Waals surface area contributed by atoms with Gasteiger partial charge in [-0.3, -0.25) is 9.59 Å². The molecule has 2 amide bonds. The van der Waals surface area contributed by atoms with E-state index in [1.54, 1.807) is 6.07 Å². The van der Waals surface area contributed by atoms with Crippen LogP contribution in [-0.4, -0.2) is 47.3 Å². The van der Waals surface area contributed by atoms with Crippen LogP contribution in [0.15, 0.2) is 24.3 Å². The molecule has 0 saturated carbocycles. The number of likely N-dealkylation sites (tertiary alicyclic amines) is 2. The number of carbonyl (C=O) groups is 2. The SMILES string of the molecule is O=C1CCCN1CC[C@@H]1CCCCN1C(=O)Cc1cccc(C(F)(F)F)c1. The summed E-state index contributed by atoms with van der Waals surface area (Å²) in [5.74, 6) is 0.0411. The number of piperidine rings is 1. The molecule has 27 heavy (non-hydrogen) atoms. The lowest BCUT2D eigenvalue weighted by molar-refractivity contribution is -0.138. The summed E-state index contributed by atoms with van der Waals surface area (Å²) in [7, 11) is 0. The van der Waals surface area contributed by atoms with Gasteiger partial charge in [-0.2, -0.15) is 13.2 Å². The third-order valence-corrected chi connectivity index (χ3v) is 5.46. The zero-order valence-electron chi connectivity index (χ0n) is 15.3. The highest BCUT2D eigenvalue weighted by Crippen LogP contribution is 2.30. The quantitative estimate of drug-likeness (QED) is 0.780. The predicted molar refractivity (Wildman–Crippen MR) is 94.9 cm³/mol. The van der Waals surface area contributed by atoms with Gasteiger partial charge in [-0.1, -0.05) is 18.2 Å². The predicted octanol–water partition coefficient (Wildman–Crippen LogP) is 3.64. The lowest BCUT2D eigenvalue weighted by Crippen LogP contribution is -2.46. The Balaban J connectivity index is 1.62. The van der Waals surface area contributed by atoms with Crippen LogP contribution in [0, 0.1) is 0 Å². The van der Waals surface area contributed by atoms with Gasteiger partial charge in [0.2, 0.25) is 11.8 Å². The summed E-state index contributed by atoms with van der Waals surface area (Å²) in [6.45, 7) is 2.07. The summed E-state index contributed by atoms with van der Waals surface area (Å²) in [6.07, 6.45) is 0.623. The van der Waals surface area contributed by atoms with Gasteiger partial charge >= 0.3 is 6.18 Å². The molecule has 2 heterocycles. The first-order chi connectivity index (χ1) is 12.8. The molecule has 0 aromatic heterocycles. The van der Waals surface area contributed by atoms with E-state index in [4.69, 9.17) is 0 Å². The molecule has 0 bridgehead atoms. The van der Waals surface area contributed by atoms with E-state index in [9.17, 15) is 22.8 Å². The second-order valence-corrected chi connectivity index (χ2v) is 7.38. The molecular formula is C20H25F3N2O2. The van der Waals surface area contributed by atoms with Crippen molar-refractivity contribution in [2.24, 2.45) is 0 Å². The van der Waals surface area contributed by atoms with Crippen molar-refractivity contribution < 1.29 is 22.8 Å². The molecule has 1 atom stereocenters. The van der Waals surface area contributed by atoms with E-state index in [0.29, 0.717) is 25.1 Å². The molecule has 2 saturated heterocycles. The minimum absolute atomic E-state index is 0.0247. The van der Waals surface area contributed by atoms with Gasteiger partial charge in [0, 0.05) is 32.1 Å². The molecule has 0 aliphatic carbocycles. The van der Waals surface area contributed by atoms with Crippen molar-refractivity contribution in [1.29, 1.82) is 0 Å². The first kappa shape index (κ1) is 19.7. The second-order valence-electron chi connectivity index (χ2n) is 7.38. The van der Waals surface area contributed by atoms with Gasteiger partial charge in [0.05, 0.1) is 12.0 Å². The molecule has 4 nitrogen and oxygen atoms in total. The molecule has 1 aromatic carbocycles. The first-order valence-electron chi connectivity index (χ1n) is 9.58. The average Bonchev–Trinajstić information content (AvgIpc) is 3.04. The van der Waals surface area contributed by atoms with Crippen LogP contribution < -0.4 is 0 Å². The molecule has 7 heteroatoms. The summed E-state index contributed by atoms with van der Waals surface area (Å²) < 4.78 is 38.6. The smallest absolute Gasteiger partial charge is 0.343 e. The number of hydrogen-bond acceptors (Lipinski definition) is 2. The lowest BCUT2D eigenvalue weighted by Gasteiger charge is -2.37. The molecule has 0 N–H and O–H groups in total. The summed E-state index contributed by atoms with van der Waals surface area (Å²) >= 11 is 0. The highest BCUT2D eigenvalue weighted by molar-refractivity contribution is 5.79. The number of nitrogens with zero attached hydrogens (tertiary/aromatic N) is 2. The highest BCUT2D eigenvalue weighted by atomic mass is 19.4. The maximum Gasteiger partial charge on any atom is 0.416 e. The van der Waals surface area contributed by atoms with Gasteiger partial charge in [-0.25, -0.2) is 0 Å². The zero-order chi connectivity index (χ0) is 19.4. The van der Waals surface area contributed by atoms with Gasteiger partial charge in [-0.05, 0) is 43.7 Å². The summed E-state index contributed by atoms with van der Waals surface area (Å²) in [6, 6.07) is 5.04. The fourth-order valence-corrected chi connectivity index (χ4v) is 4.01. The molecular weight excluding hydrogens is 357 g/mol. The van der Waals surface area contributed by atoms with E-state index >= 15 is 0 Å². The second kappa shape index (κ2) is 8.31. The van der Waals surface area contributed by atoms with Crippen molar-refractivity contribution in [3.63, 3.8) is 0 Å². The molecule has 0 radical (unpaired) electrons. The van der Waals surface area contributed by atoms with Crippen LogP contribution in [0.25, 0.3) is 0 Å². The van der Waals surface area contributed by atoms with E-state index in [-0.39, 0.29) is 24.3 Å². The fourth-order valence-electron chi connectivity index (χ4n) is 4.01. The third kappa shape index (κ3) is 5.02. The highest BCUT2D eigenvalue weighted by Gasteiger charge is 2.31. The Kier molecular flexibility index (Phi) is 6.07. The molecule has 0 unspecified atom stereocenters. The van der Waals surface area contributed by atoms with Gasteiger partial charge in [0.1, 0.15) is 0 Å². The van der Waals surface area contributed by atoms with Crippen LogP contribution in [0.3, 0.4) is 0 Å². The number of rotatable bonds is 5. The normalized spacial score (nSPS) is 21.0. The standard InChI is InChI=1S/C20H25F3N2O2/c21-20(22,23)16-6-3-5-15(13-16)14-19(27)25-11-2-1-7-17(25)9-12-24-10-4-8-18(24)26/h3,5-6,13,17H,1-2,4,7-12,14H2/t17-/m0/s1. The van der Waals surface area contributed by atoms with Crippen LogP contribution >= 0.6 is 0 Å². The Hall–Kier alpha value is -2.05. The van der Waals surface area contributed by atoms with Crippen molar-refractivity contribution >= 4 is 11.8 Å². The topological polar surface area (TPSA) is 40.6 Å². The monoisotopic (exact) mass is 382 g/mol. The maximum atomic E-state index is 12.9. The molecule has 148 valence electrons. The Morgan fingerprint density at radius 3 is 2.67 bits per heavy atom. The Morgan fingerprint density at radius 1 is 1.15 bits per heavy atom. The van der Waals surface area contributed by atoms with Gasteiger partial charge < -0.3 is 9.80 Å². The Labute approximate surface area is 157 Å². The van der Waals surface area contributed by atoms with Crippen LogP contribution in [0.2, 0.25) is 0 Å². The number of benzene rings is 1. The van der Waals surface area contributed by atoms with E-state index in [2.05, 4.69) is 0 Å². The lowest BCUT2D eigenvalue weighted by atomic mass is 9.97. The number of alkyl halides is 3. The molecule has 2 aliphatic rings. The van der Waals surface area contributed by atoms with E-state index in [0.717, 1.165) is 50.8 Å². The Morgan fingerprint density at radius 2 is 1.96 bits per heavy atom. The molecule has 2 fully saturated rings. The van der Waals surface area contributed by atoms with E-state index < -0.39 is 11.7 Å². The van der Waals surface area contributed by atoms with Crippen LogP contribution in [-0.2, 0) is 22.2 Å². The zero-order valence-corrected chi connectivity index (χ0v) is 15.3. The summed E-state index contributed by atoms with van der Waals surface area (Å²) in [5, 5.41) is 0. The molecule has 0 spiro atoms. The number of halogens is 3. The van der Waals surface area contributed by atoms with Crippen LogP contribution in [0.4, 0.5) is 13.2 Å². The van der Waals surface area contributed by atoms with E-state index in [1.807, 2.05) is 9.80 Å². The van der Waals surface area contributed by atoms with E-state index in [1.165, 1.54) is 6.07 Å². The maximum absolute atomic E-state index is 12.9. The molecule has 2 aliphatic heterocycles. The minimum atomic E-state index is -4.41. The molecule has 1 aromatic rings. The molecule has 3 rings (SSSR count). The average molecular weight is 382 g/mol. The Bertz CT molecular complexity index is 690. The van der Waals surface area contributed by atoms with Crippen LogP contribution in [0.1, 0.15) is 49.7 Å². The first-order valence-corrected chi connectivity index (χ1v) is 9.58.